The van der Waals surface area contributed by atoms with Crippen LogP contribution >= 0.6 is 0 Å². The molecule has 0 bridgehead atoms. The minimum Gasteiger partial charge on any atom is -0.455 e. The lowest BCUT2D eigenvalue weighted by molar-refractivity contribution is 0.672. The number of hydrogen-bond donors (Lipinski definition) is 0. The molecule has 0 aliphatic carbocycles. The summed E-state index contributed by atoms with van der Waals surface area (Å²) in [6.07, 6.45) is 0. The molecule has 0 unspecified atom stereocenters. The van der Waals surface area contributed by atoms with Crippen LogP contribution in [-0.4, -0.2) is 0 Å². The quantitative estimate of drug-likeness (QED) is 0.149. The Labute approximate surface area is 780 Å². The zero-order valence-corrected chi connectivity index (χ0v) is 68.0. The van der Waals surface area contributed by atoms with Gasteiger partial charge in [0.1, 0.15) is 33.5 Å². The van der Waals surface area contributed by atoms with E-state index in [1.807, 2.05) is 188 Å². The predicted molar refractivity (Wildman–Crippen MR) is 549 cm³/mol. The molecule has 3 heteroatoms. The van der Waals surface area contributed by atoms with Crippen molar-refractivity contribution < 1.29 is 50.3 Å². The van der Waals surface area contributed by atoms with Crippen LogP contribution in [0.3, 0.4) is 0 Å². The third-order valence-electron chi connectivity index (χ3n) is 25.2. The van der Waals surface area contributed by atoms with Crippen LogP contribution in [-0.2, 0) is 0 Å². The van der Waals surface area contributed by atoms with Crippen molar-refractivity contribution in [2.45, 2.75) is 0 Å². The summed E-state index contributed by atoms with van der Waals surface area (Å²) < 4.78 is 257. The Morgan fingerprint density at radius 2 is 0.426 bits per heavy atom. The first-order chi connectivity index (χ1) is 75.3. The fourth-order valence-electron chi connectivity index (χ4n) is 19.7. The summed E-state index contributed by atoms with van der Waals surface area (Å²) in [7, 11) is 0. The smallest absolute Gasteiger partial charge is 0.143 e. The van der Waals surface area contributed by atoms with Crippen molar-refractivity contribution in [3.05, 3.63) is 460 Å². The van der Waals surface area contributed by atoms with E-state index >= 15 is 0 Å². The molecule has 3 nitrogen and oxygen atoms in total. The summed E-state index contributed by atoms with van der Waals surface area (Å²) in [6.45, 7) is 0. The van der Waals surface area contributed by atoms with Crippen molar-refractivity contribution >= 4 is 195 Å². The average molecular weight is 1670 g/mol. The number of furan rings is 3. The van der Waals surface area contributed by atoms with E-state index in [1.54, 1.807) is 0 Å². The molecule has 0 fully saturated rings. The van der Waals surface area contributed by atoms with Crippen LogP contribution in [0.15, 0.2) is 474 Å². The molecular formula is C126H76O3. The van der Waals surface area contributed by atoms with Gasteiger partial charge in [0.2, 0.25) is 0 Å². The lowest BCUT2D eigenvalue weighted by atomic mass is 9.82. The molecule has 598 valence electrons. The first kappa shape index (κ1) is 51.3. The Hall–Kier alpha value is -17.0. The van der Waals surface area contributed by atoms with Gasteiger partial charge in [-0.15, -0.1) is 0 Å². The van der Waals surface area contributed by atoms with Gasteiger partial charge in [0.15, 0.2) is 0 Å². The Kier molecular flexibility index (Phi) is 11.9. The van der Waals surface area contributed by atoms with Gasteiger partial charge in [-0.25, -0.2) is 0 Å². The number of benzene rings is 25. The molecule has 28 aromatic rings. The van der Waals surface area contributed by atoms with Gasteiger partial charge in [0, 0.05) is 48.5 Å². The monoisotopic (exact) mass is 1660 g/mol. The van der Waals surface area contributed by atoms with Crippen molar-refractivity contribution in [3.8, 4) is 77.9 Å². The highest BCUT2D eigenvalue weighted by molar-refractivity contribution is 6.32. The van der Waals surface area contributed by atoms with Crippen LogP contribution in [0.4, 0.5) is 0 Å². The van der Waals surface area contributed by atoms with Gasteiger partial charge in [-0.2, -0.15) is 0 Å². The van der Waals surface area contributed by atoms with Crippen molar-refractivity contribution in [1.82, 2.24) is 0 Å². The molecule has 0 N–H and O–H groups in total. The topological polar surface area (TPSA) is 39.4 Å². The fraction of sp³-hybridized carbons (Fsp3) is 0. The second kappa shape index (κ2) is 29.9. The average Bonchev–Trinajstić information content (AvgIpc) is 1.52. The summed E-state index contributed by atoms with van der Waals surface area (Å²) in [5.41, 5.74) is 9.82. The zero-order chi connectivity index (χ0) is 108. The largest absolute Gasteiger partial charge is 0.455 e. The molecule has 3 aromatic heterocycles. The maximum absolute atomic E-state index is 9.42. The van der Waals surface area contributed by atoms with Gasteiger partial charge in [-0.05, 0) is 233 Å². The van der Waals surface area contributed by atoms with Crippen LogP contribution in [0.5, 0.6) is 0 Å². The first-order valence-electron chi connectivity index (χ1n) is 55.7. The van der Waals surface area contributed by atoms with Gasteiger partial charge in [0.25, 0.3) is 0 Å². The van der Waals surface area contributed by atoms with Gasteiger partial charge in [-0.3, -0.25) is 0 Å². The van der Waals surface area contributed by atoms with E-state index in [0.717, 1.165) is 141 Å². The van der Waals surface area contributed by atoms with E-state index < -0.39 is 103 Å². The molecule has 3 heterocycles. The molecule has 0 atom stereocenters. The molecule has 0 radical (unpaired) electrons. The Bertz CT molecular complexity index is 11100. The van der Waals surface area contributed by atoms with Crippen molar-refractivity contribution in [2.24, 2.45) is 0 Å². The summed E-state index contributed by atoms with van der Waals surface area (Å²) in [6, 6.07) is 87.7. The van der Waals surface area contributed by atoms with Crippen molar-refractivity contribution in [2.75, 3.05) is 0 Å². The number of rotatable bonds is 7. The Morgan fingerprint density at radius 3 is 0.814 bits per heavy atom. The highest BCUT2D eigenvalue weighted by Gasteiger charge is 2.27. The number of fused-ring (bicyclic) bond motifs is 24. The SMILES string of the molecule is [2H]c1c([2H])c(-c2c3ccccc3c(-c3ccc4ccccc4c3)c3ccccc23)c2c(oc3c4c([2H])c([2H])c([2H])c([2H])c4c([2H])c([2H])c32)c1[2H].[2H]c1c([2H])c(-c2c3ccccc3c(-c3cccc4ccccc34)c3ccccc23)c2c(oc3c4c([2H])c([2H])c([2H])c([2H])c4c([2H])c([2H])c32)c1[2H].[2H]c1c([2H])c(-c2ccccc2-c2c3ccccc3c(-c3cccc4ccccc34)c3ccccc23)c2c(oc3c4c([2H])c([2H])c([2H])c([2H])c4c([2H])c([2H])c32)c1[2H]. The van der Waals surface area contributed by atoms with E-state index in [4.69, 9.17) is 42.0 Å². The summed E-state index contributed by atoms with van der Waals surface area (Å²) in [5.74, 6) is 0. The lowest BCUT2D eigenvalue weighted by Crippen LogP contribution is -1.93. The van der Waals surface area contributed by atoms with Gasteiger partial charge >= 0.3 is 0 Å². The van der Waals surface area contributed by atoms with Crippen molar-refractivity contribution in [3.63, 3.8) is 0 Å². The van der Waals surface area contributed by atoms with E-state index in [9.17, 15) is 8.22 Å². The first-order valence-corrected chi connectivity index (χ1v) is 42.2. The minimum atomic E-state index is -0.533. The van der Waals surface area contributed by atoms with Gasteiger partial charge < -0.3 is 13.3 Å². The maximum atomic E-state index is 9.42. The summed E-state index contributed by atoms with van der Waals surface area (Å²) >= 11 is 0. The lowest BCUT2D eigenvalue weighted by Gasteiger charge is -2.20. The molecule has 0 aliphatic heterocycles. The third kappa shape index (κ3) is 11.7. The van der Waals surface area contributed by atoms with Crippen LogP contribution in [0.25, 0.3) is 273 Å². The van der Waals surface area contributed by atoms with E-state index in [2.05, 4.69) is 109 Å². The minimum absolute atomic E-state index is 0.0513. The van der Waals surface area contributed by atoms with Crippen molar-refractivity contribution in [1.29, 1.82) is 0 Å². The van der Waals surface area contributed by atoms with E-state index in [0.29, 0.717) is 16.7 Å². The molecule has 0 saturated heterocycles. The van der Waals surface area contributed by atoms with Gasteiger partial charge in [0.05, 0.1) is 37.0 Å². The molecular weight excluding hydrogens is 1560 g/mol. The highest BCUT2D eigenvalue weighted by Crippen LogP contribution is 2.54. The Morgan fingerprint density at radius 1 is 0.147 bits per heavy atom. The fourth-order valence-corrected chi connectivity index (χ4v) is 19.7. The standard InChI is InChI=1S/C46H28O.2C40H24O/c1-3-16-31-29(13-1)15-11-24-34(31)43-37-20-7-9-22-39(37)44(40-23-10-8-21-38(40)43)35-19-6-5-18-33(35)36-25-12-26-42-45(36)41-28-27-30-14-2-4-17-32(30)46(41)47-42;1-3-14-27-25(11-1)13-9-20-29(27)37-30-16-5-7-18-32(30)38(33-19-8-6-17-31(33)37)34-21-10-22-36-39(34)35-24-23-26-12-2-4-15-28(26)40(35)41-36;1-2-12-27-24-28(21-20-25(27)10-1)37-30-14-5-7-16-32(30)38(33-17-8-6-15-31(33)37)34-18-9-19-36-39(34)35-23-22-26-11-3-4-13-29(26)40(35)41-36/h1-28H;2*1-24H/i2D,4D,12D,14D,17D,25D,26D,27D,28D;2D,4D,10D,12D,15D,21D,22D,23D,24D;3D,4D,9D,11D,13D,18D,19D,22D,23D. The van der Waals surface area contributed by atoms with E-state index in [1.165, 1.54) is 0 Å². The molecule has 0 spiro atoms. The molecule has 0 amide bonds. The maximum Gasteiger partial charge on any atom is 0.143 e. The van der Waals surface area contributed by atoms with Crippen LogP contribution < -0.4 is 0 Å². The molecule has 0 saturated carbocycles. The molecule has 0 aliphatic rings. The van der Waals surface area contributed by atoms with Crippen LogP contribution in [0, 0.1) is 0 Å². The second-order valence-electron chi connectivity index (χ2n) is 32.0. The van der Waals surface area contributed by atoms with E-state index in [-0.39, 0.29) is 175 Å². The summed E-state index contributed by atoms with van der Waals surface area (Å²) in [4.78, 5) is 0. The van der Waals surface area contributed by atoms with Crippen LogP contribution in [0.1, 0.15) is 37.0 Å². The predicted octanol–water partition coefficient (Wildman–Crippen LogP) is 36.3. The summed E-state index contributed by atoms with van der Waals surface area (Å²) in [5, 5.41) is 17.3. The van der Waals surface area contributed by atoms with Gasteiger partial charge in [-0.1, -0.05) is 418 Å². The number of hydrogen-bond acceptors (Lipinski definition) is 3. The normalized spacial score (nSPS) is 14.8. The zero-order valence-electron chi connectivity index (χ0n) is 95.0. The molecule has 25 aromatic carbocycles. The second-order valence-corrected chi connectivity index (χ2v) is 32.0. The van der Waals surface area contributed by atoms with Crippen LogP contribution in [0.2, 0.25) is 0 Å². The Balaban J connectivity index is 0.000000117. The highest BCUT2D eigenvalue weighted by atomic mass is 16.3. The molecule has 129 heavy (non-hydrogen) atoms. The third-order valence-corrected chi connectivity index (χ3v) is 25.2. The molecule has 28 rings (SSSR count).